The summed E-state index contributed by atoms with van der Waals surface area (Å²) in [6.07, 6.45) is 1.63. The van der Waals surface area contributed by atoms with Crippen molar-refractivity contribution in [1.82, 2.24) is 4.98 Å². The minimum Gasteiger partial charge on any atom is -0.507 e. The van der Waals surface area contributed by atoms with Gasteiger partial charge in [0.25, 0.3) is 5.78 Å². The normalized spacial score (nSPS) is 16.8. The second kappa shape index (κ2) is 9.91. The molecule has 5 rings (SSSR count). The number of nitrogens with zero attached hydrogens (tertiary/aromatic N) is 2. The molecule has 0 saturated carbocycles. The number of aliphatic hydroxyl groups is 1. The summed E-state index contributed by atoms with van der Waals surface area (Å²) in [4.78, 5) is 32.9. The number of hydrogen-bond acceptors (Lipinski definition) is 7. The minimum atomic E-state index is -0.906. The van der Waals surface area contributed by atoms with Crippen LogP contribution < -0.4 is 14.4 Å². The Morgan fingerprint density at radius 2 is 1.89 bits per heavy atom. The number of carbonyl (C=O) groups excluding carboxylic acids is 2. The summed E-state index contributed by atoms with van der Waals surface area (Å²) in [5.41, 5.74) is 2.76. The molecule has 1 amide bonds. The van der Waals surface area contributed by atoms with Crippen LogP contribution in [0, 0.1) is 6.92 Å². The average Bonchev–Trinajstić information content (AvgIpc) is 3.44. The molecule has 0 bridgehead atoms. The quantitative estimate of drug-likeness (QED) is 0.146. The second-order valence-corrected chi connectivity index (χ2v) is 9.55. The Morgan fingerprint density at radius 3 is 2.62 bits per heavy atom. The predicted octanol–water partition coefficient (Wildman–Crippen LogP) is 5.80. The number of amides is 1. The van der Waals surface area contributed by atoms with Gasteiger partial charge < -0.3 is 14.6 Å². The van der Waals surface area contributed by atoms with Crippen LogP contribution >= 0.6 is 11.3 Å². The Bertz CT molecular complexity index is 1550. The highest BCUT2D eigenvalue weighted by Crippen LogP contribution is 2.45. The lowest BCUT2D eigenvalue weighted by atomic mass is 9.95. The number of ether oxygens (including phenoxy) is 2. The SMILES string of the molecule is C=CCOc1cccc(C2/C(=C(\O)c3ccc(OC)cc3)C(=O)C(=O)N2c2nc3ccc(C)cc3s2)c1. The number of hydrogen-bond donors (Lipinski definition) is 1. The van der Waals surface area contributed by atoms with Gasteiger partial charge in [-0.2, -0.15) is 0 Å². The molecule has 1 saturated heterocycles. The summed E-state index contributed by atoms with van der Waals surface area (Å²) in [5.74, 6) is -0.667. The molecular formula is C29H24N2O5S. The van der Waals surface area contributed by atoms with Crippen molar-refractivity contribution in [1.29, 1.82) is 0 Å². The van der Waals surface area contributed by atoms with Crippen molar-refractivity contribution in [2.24, 2.45) is 0 Å². The van der Waals surface area contributed by atoms with E-state index in [2.05, 4.69) is 11.6 Å². The van der Waals surface area contributed by atoms with Gasteiger partial charge in [0.2, 0.25) is 0 Å². The van der Waals surface area contributed by atoms with E-state index in [4.69, 9.17) is 9.47 Å². The van der Waals surface area contributed by atoms with Gasteiger partial charge in [0.15, 0.2) is 5.13 Å². The van der Waals surface area contributed by atoms with Crippen LogP contribution in [-0.2, 0) is 9.59 Å². The lowest BCUT2D eigenvalue weighted by molar-refractivity contribution is -0.132. The number of thiazole rings is 1. The van der Waals surface area contributed by atoms with Crippen LogP contribution in [0.5, 0.6) is 11.5 Å². The third-order valence-corrected chi connectivity index (χ3v) is 7.11. The maximum Gasteiger partial charge on any atom is 0.301 e. The molecule has 37 heavy (non-hydrogen) atoms. The van der Waals surface area contributed by atoms with Crippen molar-refractivity contribution in [3.05, 3.63) is 102 Å². The van der Waals surface area contributed by atoms with Crippen LogP contribution in [0.2, 0.25) is 0 Å². The zero-order chi connectivity index (χ0) is 26.1. The first-order valence-corrected chi connectivity index (χ1v) is 12.4. The topological polar surface area (TPSA) is 89.0 Å². The summed E-state index contributed by atoms with van der Waals surface area (Å²) in [6, 6.07) is 18.7. The molecule has 1 N–H and O–H groups in total. The zero-order valence-electron chi connectivity index (χ0n) is 20.3. The number of anilines is 1. The Morgan fingerprint density at radius 1 is 1.11 bits per heavy atom. The maximum absolute atomic E-state index is 13.5. The first-order valence-electron chi connectivity index (χ1n) is 11.6. The van der Waals surface area contributed by atoms with E-state index in [1.165, 1.54) is 16.2 Å². The van der Waals surface area contributed by atoms with Crippen LogP contribution in [0.4, 0.5) is 5.13 Å². The molecule has 1 fully saturated rings. The van der Waals surface area contributed by atoms with E-state index in [0.29, 0.717) is 34.4 Å². The molecule has 186 valence electrons. The van der Waals surface area contributed by atoms with E-state index in [1.54, 1.807) is 61.7 Å². The van der Waals surface area contributed by atoms with Crippen molar-refractivity contribution in [3.8, 4) is 11.5 Å². The molecule has 3 aromatic carbocycles. The molecule has 1 aromatic heterocycles. The summed E-state index contributed by atoms with van der Waals surface area (Å²) >= 11 is 1.32. The molecule has 7 nitrogen and oxygen atoms in total. The van der Waals surface area contributed by atoms with E-state index in [0.717, 1.165) is 15.8 Å². The van der Waals surface area contributed by atoms with E-state index < -0.39 is 17.7 Å². The van der Waals surface area contributed by atoms with Gasteiger partial charge in [0.1, 0.15) is 23.9 Å². The van der Waals surface area contributed by atoms with Gasteiger partial charge in [-0.1, -0.05) is 42.2 Å². The van der Waals surface area contributed by atoms with Crippen molar-refractivity contribution >= 4 is 44.1 Å². The molecule has 1 unspecified atom stereocenters. The molecule has 8 heteroatoms. The third-order valence-electron chi connectivity index (χ3n) is 6.09. The van der Waals surface area contributed by atoms with Crippen LogP contribution in [0.3, 0.4) is 0 Å². The van der Waals surface area contributed by atoms with Crippen molar-refractivity contribution in [2.75, 3.05) is 18.6 Å². The highest BCUT2D eigenvalue weighted by molar-refractivity contribution is 7.22. The molecule has 4 aromatic rings. The van der Waals surface area contributed by atoms with Gasteiger partial charge >= 0.3 is 5.91 Å². The van der Waals surface area contributed by atoms with Crippen LogP contribution in [-0.4, -0.2) is 35.5 Å². The van der Waals surface area contributed by atoms with Crippen LogP contribution in [0.15, 0.2) is 85.0 Å². The van der Waals surface area contributed by atoms with Gasteiger partial charge in [-0.15, -0.1) is 0 Å². The van der Waals surface area contributed by atoms with E-state index in [9.17, 15) is 14.7 Å². The summed E-state index contributed by atoms with van der Waals surface area (Å²) in [6.45, 7) is 5.96. The van der Waals surface area contributed by atoms with Crippen molar-refractivity contribution in [2.45, 2.75) is 13.0 Å². The third kappa shape index (κ3) is 4.47. The fourth-order valence-electron chi connectivity index (χ4n) is 4.30. The van der Waals surface area contributed by atoms with E-state index in [-0.39, 0.29) is 11.3 Å². The smallest absolute Gasteiger partial charge is 0.301 e. The summed E-state index contributed by atoms with van der Waals surface area (Å²) in [5, 5.41) is 11.7. The summed E-state index contributed by atoms with van der Waals surface area (Å²) < 4.78 is 11.8. The Labute approximate surface area is 217 Å². The fourth-order valence-corrected chi connectivity index (χ4v) is 5.39. The number of aromatic nitrogens is 1. The van der Waals surface area contributed by atoms with Crippen molar-refractivity contribution in [3.63, 3.8) is 0 Å². The first-order chi connectivity index (χ1) is 17.9. The Balaban J connectivity index is 1.70. The summed E-state index contributed by atoms with van der Waals surface area (Å²) in [7, 11) is 1.54. The molecule has 1 atom stereocenters. The molecule has 0 aliphatic carbocycles. The highest BCUT2D eigenvalue weighted by atomic mass is 32.1. The monoisotopic (exact) mass is 512 g/mol. The number of benzene rings is 3. The van der Waals surface area contributed by atoms with Crippen LogP contribution in [0.1, 0.15) is 22.7 Å². The molecular weight excluding hydrogens is 488 g/mol. The van der Waals surface area contributed by atoms with Gasteiger partial charge in [-0.3, -0.25) is 14.5 Å². The number of ketones is 1. The average molecular weight is 513 g/mol. The van der Waals surface area contributed by atoms with Gasteiger partial charge in [0, 0.05) is 5.56 Å². The molecule has 0 spiro atoms. The fraction of sp³-hybridized carbons (Fsp3) is 0.138. The number of fused-ring (bicyclic) bond motifs is 1. The predicted molar refractivity (Wildman–Crippen MR) is 144 cm³/mol. The number of carbonyl (C=O) groups is 2. The number of rotatable bonds is 7. The second-order valence-electron chi connectivity index (χ2n) is 8.54. The Hall–Kier alpha value is -4.43. The number of aryl methyl sites for hydroxylation is 1. The molecule has 0 radical (unpaired) electrons. The molecule has 1 aliphatic rings. The van der Waals surface area contributed by atoms with Gasteiger partial charge in [0.05, 0.1) is 28.9 Å². The lowest BCUT2D eigenvalue weighted by Crippen LogP contribution is -2.29. The zero-order valence-corrected chi connectivity index (χ0v) is 21.1. The maximum atomic E-state index is 13.5. The van der Waals surface area contributed by atoms with E-state index in [1.807, 2.05) is 25.1 Å². The Kier molecular flexibility index (Phi) is 6.50. The number of Topliss-reactive ketones (excluding diaryl/α,β-unsaturated/α-hetero) is 1. The largest absolute Gasteiger partial charge is 0.507 e. The van der Waals surface area contributed by atoms with Gasteiger partial charge in [-0.25, -0.2) is 4.98 Å². The minimum absolute atomic E-state index is 0.0218. The van der Waals surface area contributed by atoms with Crippen molar-refractivity contribution < 1.29 is 24.2 Å². The van der Waals surface area contributed by atoms with E-state index >= 15 is 0 Å². The lowest BCUT2D eigenvalue weighted by Gasteiger charge is -2.23. The number of aliphatic hydroxyl groups excluding tert-OH is 1. The van der Waals surface area contributed by atoms with Crippen LogP contribution in [0.25, 0.3) is 16.0 Å². The number of methoxy groups -OCH3 is 1. The first kappa shape index (κ1) is 24.3. The standard InChI is InChI=1S/C29H24N2O5S/c1-4-14-36-21-7-5-6-19(16-21)25-24(26(32)18-9-11-20(35-3)12-10-18)27(33)28(34)31(25)29-30-22-13-8-17(2)15-23(22)37-29/h4-13,15-16,25,32H,1,14H2,2-3H3/b26-24+. The highest BCUT2D eigenvalue weighted by Gasteiger charge is 2.48. The molecule has 2 heterocycles. The molecule has 1 aliphatic heterocycles. The van der Waals surface area contributed by atoms with Gasteiger partial charge in [-0.05, 0) is 66.6 Å².